The summed E-state index contributed by atoms with van der Waals surface area (Å²) in [4.78, 5) is 49.2. The molecular formula is C27H37N7O5. The molecule has 0 radical (unpaired) electrons. The van der Waals surface area contributed by atoms with Crippen LogP contribution in [0, 0.1) is 0 Å². The lowest BCUT2D eigenvalue weighted by Crippen LogP contribution is -2.62. The number of ketones is 1. The Hall–Kier alpha value is -3.18. The molecule has 12 heteroatoms. The van der Waals surface area contributed by atoms with Crippen LogP contribution in [0.5, 0.6) is 0 Å². The van der Waals surface area contributed by atoms with E-state index >= 15 is 0 Å². The van der Waals surface area contributed by atoms with Crippen molar-refractivity contribution in [1.82, 2.24) is 15.1 Å². The van der Waals surface area contributed by atoms with Crippen molar-refractivity contribution >= 4 is 23.3 Å². The predicted octanol–water partition coefficient (Wildman–Crippen LogP) is 1.75. The Morgan fingerprint density at radius 2 is 1.87 bits per heavy atom. The second-order valence-electron chi connectivity index (χ2n) is 10.9. The number of hydrogen-bond acceptors (Lipinski definition) is 8. The smallest absolute Gasteiger partial charge is 0.252 e. The molecule has 12 nitrogen and oxygen atoms in total. The number of benzene rings is 1. The summed E-state index contributed by atoms with van der Waals surface area (Å²) in [7, 11) is 1.72. The Balaban J connectivity index is 1.28. The van der Waals surface area contributed by atoms with Gasteiger partial charge in [-0.15, -0.1) is 0 Å². The molecule has 3 aliphatic heterocycles. The molecule has 4 fully saturated rings. The van der Waals surface area contributed by atoms with Gasteiger partial charge in [-0.1, -0.05) is 24.4 Å². The molecule has 39 heavy (non-hydrogen) atoms. The molecule has 2 amide bonds. The average molecular weight is 540 g/mol. The number of carbonyl (C=O) groups excluding carboxylic acids is 3. The molecule has 3 saturated heterocycles. The van der Waals surface area contributed by atoms with Crippen LogP contribution < -0.4 is 10.2 Å². The number of likely N-dealkylation sites (tertiary alicyclic amines) is 1. The third-order valence-corrected chi connectivity index (χ3v) is 8.57. The van der Waals surface area contributed by atoms with Gasteiger partial charge in [0.15, 0.2) is 5.78 Å². The number of piperazine rings is 1. The summed E-state index contributed by atoms with van der Waals surface area (Å²) in [6.45, 7) is 5.39. The number of rotatable bonds is 8. The van der Waals surface area contributed by atoms with E-state index in [4.69, 9.17) is 15.0 Å². The molecule has 3 atom stereocenters. The van der Waals surface area contributed by atoms with Crippen LogP contribution >= 0.6 is 0 Å². The van der Waals surface area contributed by atoms with Gasteiger partial charge < -0.3 is 24.6 Å². The Bertz CT molecular complexity index is 1110. The zero-order chi connectivity index (χ0) is 27.4. The maximum absolute atomic E-state index is 14.0. The summed E-state index contributed by atoms with van der Waals surface area (Å²) < 4.78 is 10.8. The Labute approximate surface area is 228 Å². The predicted molar refractivity (Wildman–Crippen MR) is 143 cm³/mol. The number of methoxy groups -OCH3 is 1. The highest BCUT2D eigenvalue weighted by Crippen LogP contribution is 2.36. The van der Waals surface area contributed by atoms with Crippen LogP contribution in [0.4, 0.5) is 5.69 Å². The number of hydrogen-bond donors (Lipinski definition) is 1. The zero-order valence-corrected chi connectivity index (χ0v) is 22.5. The molecule has 1 saturated carbocycles. The van der Waals surface area contributed by atoms with Gasteiger partial charge >= 0.3 is 0 Å². The minimum absolute atomic E-state index is 0.106. The monoisotopic (exact) mass is 539 g/mol. The van der Waals surface area contributed by atoms with E-state index in [-0.39, 0.29) is 30.7 Å². The van der Waals surface area contributed by atoms with Gasteiger partial charge in [-0.05, 0) is 42.6 Å². The van der Waals surface area contributed by atoms with Gasteiger partial charge in [0.2, 0.25) is 5.91 Å². The quantitative estimate of drug-likeness (QED) is 0.301. The molecule has 1 aromatic carbocycles. The first kappa shape index (κ1) is 27.4. The molecular weight excluding hydrogens is 502 g/mol. The summed E-state index contributed by atoms with van der Waals surface area (Å²) in [6.07, 6.45) is 2.94. The van der Waals surface area contributed by atoms with Crippen LogP contribution in [0.1, 0.15) is 42.5 Å². The standard InChI is InChI=1S/C27H37N7O5/c1-38-16-15-32-11-13-33(14-12-32)20-7-5-19(6-8-20)25(36)29-27(9-3-2-4-10-27)26(37)34-17-21(30-31-28)24-23(34)22(35)18-39-24/h5-8,21,23-24H,2-4,9-18H2,1H3,(H,29,36)/t21-,23+,24+/m0/s1. The highest BCUT2D eigenvalue weighted by molar-refractivity contribution is 6.01. The molecule has 0 unspecified atom stereocenters. The fourth-order valence-corrected chi connectivity index (χ4v) is 6.39. The number of carbonyl (C=O) groups is 3. The van der Waals surface area contributed by atoms with E-state index in [0.717, 1.165) is 64.3 Å². The Kier molecular flexibility index (Phi) is 8.37. The zero-order valence-electron chi connectivity index (χ0n) is 22.5. The summed E-state index contributed by atoms with van der Waals surface area (Å²) in [5.41, 5.74) is 9.42. The lowest BCUT2D eigenvalue weighted by atomic mass is 9.80. The van der Waals surface area contributed by atoms with Crippen molar-refractivity contribution in [1.29, 1.82) is 0 Å². The molecule has 210 valence electrons. The molecule has 5 rings (SSSR count). The topological polar surface area (TPSA) is 140 Å². The van der Waals surface area contributed by atoms with Crippen molar-refractivity contribution in [2.45, 2.75) is 55.8 Å². The van der Waals surface area contributed by atoms with Gasteiger partial charge in [0, 0.05) is 62.5 Å². The highest BCUT2D eigenvalue weighted by atomic mass is 16.5. The van der Waals surface area contributed by atoms with Crippen LogP contribution in [0.2, 0.25) is 0 Å². The van der Waals surface area contributed by atoms with Crippen LogP contribution in [-0.4, -0.2) is 111 Å². The Morgan fingerprint density at radius 1 is 1.15 bits per heavy atom. The van der Waals surface area contributed by atoms with Gasteiger partial charge in [-0.3, -0.25) is 19.3 Å². The van der Waals surface area contributed by atoms with Crippen molar-refractivity contribution in [3.05, 3.63) is 40.3 Å². The molecule has 1 aromatic rings. The van der Waals surface area contributed by atoms with Crippen LogP contribution in [-0.2, 0) is 19.1 Å². The first-order valence-electron chi connectivity index (χ1n) is 13.8. The fourth-order valence-electron chi connectivity index (χ4n) is 6.39. The number of Topliss-reactive ketones (excluding diaryl/α,β-unsaturated/α-hetero) is 1. The van der Waals surface area contributed by atoms with E-state index in [9.17, 15) is 14.4 Å². The normalized spacial score (nSPS) is 26.7. The molecule has 0 spiro atoms. The summed E-state index contributed by atoms with van der Waals surface area (Å²) in [6, 6.07) is 6.12. The molecule has 4 aliphatic rings. The van der Waals surface area contributed by atoms with Gasteiger partial charge in [0.25, 0.3) is 5.91 Å². The number of anilines is 1. The number of fused-ring (bicyclic) bond motifs is 1. The minimum atomic E-state index is -1.11. The molecule has 1 aliphatic carbocycles. The number of ether oxygens (including phenoxy) is 2. The van der Waals surface area contributed by atoms with Crippen LogP contribution in [0.3, 0.4) is 0 Å². The summed E-state index contributed by atoms with van der Waals surface area (Å²) >= 11 is 0. The van der Waals surface area contributed by atoms with E-state index in [0.29, 0.717) is 18.4 Å². The molecule has 0 aromatic heterocycles. The van der Waals surface area contributed by atoms with Gasteiger partial charge in [0.1, 0.15) is 18.2 Å². The fraction of sp³-hybridized carbons (Fsp3) is 0.667. The Morgan fingerprint density at radius 3 is 2.54 bits per heavy atom. The third-order valence-electron chi connectivity index (χ3n) is 8.57. The molecule has 0 bridgehead atoms. The van der Waals surface area contributed by atoms with Crippen molar-refractivity contribution in [3.8, 4) is 0 Å². The third kappa shape index (κ3) is 5.60. The molecule has 1 N–H and O–H groups in total. The summed E-state index contributed by atoms with van der Waals surface area (Å²) in [5.74, 6) is -0.795. The van der Waals surface area contributed by atoms with Crippen molar-refractivity contribution < 1.29 is 23.9 Å². The number of nitrogens with one attached hydrogen (secondary N) is 1. The second kappa shape index (κ2) is 11.9. The first-order chi connectivity index (χ1) is 19.0. The van der Waals surface area contributed by atoms with Crippen LogP contribution in [0.25, 0.3) is 10.4 Å². The van der Waals surface area contributed by atoms with Gasteiger partial charge in [-0.25, -0.2) is 0 Å². The average Bonchev–Trinajstić information content (AvgIpc) is 3.53. The van der Waals surface area contributed by atoms with Crippen molar-refractivity contribution in [2.75, 3.05) is 64.5 Å². The number of azide groups is 1. The highest BCUT2D eigenvalue weighted by Gasteiger charge is 2.56. The SMILES string of the molecule is COCCN1CCN(c2ccc(C(=O)NC3(C(=O)N4C[C@H](N=[N+]=[N-])[C@H]5OCC(=O)[C@H]54)CCCCC3)cc2)CC1. The van der Waals surface area contributed by atoms with Crippen LogP contribution in [0.15, 0.2) is 29.4 Å². The van der Waals surface area contributed by atoms with Gasteiger partial charge in [0.05, 0.1) is 18.8 Å². The van der Waals surface area contributed by atoms with E-state index < -0.39 is 23.7 Å². The molecule has 3 heterocycles. The lowest BCUT2D eigenvalue weighted by molar-refractivity contribution is -0.143. The van der Waals surface area contributed by atoms with Crippen molar-refractivity contribution in [2.24, 2.45) is 5.11 Å². The second-order valence-corrected chi connectivity index (χ2v) is 10.9. The number of nitrogens with zero attached hydrogens (tertiary/aromatic N) is 6. The first-order valence-corrected chi connectivity index (χ1v) is 13.8. The lowest BCUT2D eigenvalue weighted by Gasteiger charge is -2.40. The summed E-state index contributed by atoms with van der Waals surface area (Å²) in [5, 5.41) is 6.86. The largest absolute Gasteiger partial charge is 0.383 e. The van der Waals surface area contributed by atoms with E-state index in [1.807, 2.05) is 12.1 Å². The number of amides is 2. The maximum atomic E-state index is 14.0. The minimum Gasteiger partial charge on any atom is -0.383 e. The van der Waals surface area contributed by atoms with Crippen molar-refractivity contribution in [3.63, 3.8) is 0 Å². The van der Waals surface area contributed by atoms with E-state index in [1.54, 1.807) is 19.2 Å². The van der Waals surface area contributed by atoms with E-state index in [1.165, 1.54) is 4.90 Å². The maximum Gasteiger partial charge on any atom is 0.252 e. The van der Waals surface area contributed by atoms with Gasteiger partial charge in [-0.2, -0.15) is 0 Å². The van der Waals surface area contributed by atoms with E-state index in [2.05, 4.69) is 25.1 Å².